The molecular weight excluding hydrogens is 306 g/mol. The van der Waals surface area contributed by atoms with Gasteiger partial charge in [0.25, 0.3) is 0 Å². The van der Waals surface area contributed by atoms with E-state index in [1.54, 1.807) is 0 Å². The van der Waals surface area contributed by atoms with Crippen LogP contribution in [0.4, 0.5) is 11.4 Å². The lowest BCUT2D eigenvalue weighted by atomic mass is 10.0. The van der Waals surface area contributed by atoms with Gasteiger partial charge >= 0.3 is 0 Å². The Morgan fingerprint density at radius 2 is 2.17 bits per heavy atom. The predicted molar refractivity (Wildman–Crippen MR) is 91.5 cm³/mol. The van der Waals surface area contributed by atoms with Crippen LogP contribution in [0.3, 0.4) is 0 Å². The topological polar surface area (TPSA) is 53.1 Å². The van der Waals surface area contributed by atoms with Crippen molar-refractivity contribution < 1.29 is 14.3 Å². The smallest absolute Gasteiger partial charge is 0.232 e. The molecule has 24 heavy (non-hydrogen) atoms. The van der Waals surface area contributed by atoms with Gasteiger partial charge in [0.2, 0.25) is 11.8 Å². The van der Waals surface area contributed by atoms with Gasteiger partial charge in [0.05, 0.1) is 18.2 Å². The zero-order chi connectivity index (χ0) is 16.7. The van der Waals surface area contributed by atoms with Crippen LogP contribution in [0.5, 0.6) is 5.75 Å². The zero-order valence-corrected chi connectivity index (χ0v) is 14.0. The summed E-state index contributed by atoms with van der Waals surface area (Å²) < 4.78 is 5.75. The Balaban J connectivity index is 1.59. The van der Waals surface area contributed by atoms with Crippen LogP contribution in [-0.2, 0) is 9.59 Å². The number of hydrogen-bond donors (Lipinski definition) is 0. The number of nitrogens with zero attached hydrogens (tertiary/aromatic N) is 3. The molecule has 1 aromatic rings. The molecule has 2 amide bonds. The van der Waals surface area contributed by atoms with Gasteiger partial charge in [-0.05, 0) is 18.6 Å². The summed E-state index contributed by atoms with van der Waals surface area (Å²) in [6.45, 7) is 6.39. The number of carbonyl (C=O) groups is 2. The fourth-order valence-corrected chi connectivity index (χ4v) is 3.98. The largest absolute Gasteiger partial charge is 0.489 e. The van der Waals surface area contributed by atoms with Crippen LogP contribution < -0.4 is 14.5 Å². The summed E-state index contributed by atoms with van der Waals surface area (Å²) in [4.78, 5) is 31.1. The molecule has 0 bridgehead atoms. The number of rotatable bonds is 3. The van der Waals surface area contributed by atoms with Gasteiger partial charge in [-0.1, -0.05) is 13.0 Å². The molecule has 1 unspecified atom stereocenters. The number of hydrogen-bond acceptors (Lipinski definition) is 4. The SMILES string of the molecule is CCCN1CC(C(=O)N2CCN3CCOc4cccc2c43)CC1=O. The Kier molecular flexibility index (Phi) is 3.82. The molecular formula is C18H23N3O3. The second kappa shape index (κ2) is 6.00. The van der Waals surface area contributed by atoms with E-state index in [1.165, 1.54) is 0 Å². The standard InChI is InChI=1S/C18H23N3O3/c1-2-6-20-12-13(11-16(20)22)18(23)21-8-7-19-9-10-24-15-5-3-4-14(21)17(15)19/h3-5,13H,2,6-12H2,1H3. The molecule has 6 nitrogen and oxygen atoms in total. The molecule has 0 aromatic heterocycles. The van der Waals surface area contributed by atoms with E-state index in [2.05, 4.69) is 11.8 Å². The van der Waals surface area contributed by atoms with E-state index < -0.39 is 0 Å². The maximum absolute atomic E-state index is 13.1. The van der Waals surface area contributed by atoms with Crippen molar-refractivity contribution in [2.24, 2.45) is 5.92 Å². The first-order valence-electron chi connectivity index (χ1n) is 8.79. The Morgan fingerprint density at radius 3 is 3.00 bits per heavy atom. The van der Waals surface area contributed by atoms with Gasteiger partial charge in [0.1, 0.15) is 18.0 Å². The molecule has 4 rings (SSSR count). The van der Waals surface area contributed by atoms with Crippen molar-refractivity contribution in [1.82, 2.24) is 4.90 Å². The zero-order valence-electron chi connectivity index (χ0n) is 14.0. The second-order valence-corrected chi connectivity index (χ2v) is 6.69. The molecule has 6 heteroatoms. The summed E-state index contributed by atoms with van der Waals surface area (Å²) in [5, 5.41) is 0. The summed E-state index contributed by atoms with van der Waals surface area (Å²) in [7, 11) is 0. The van der Waals surface area contributed by atoms with Gasteiger partial charge in [-0.2, -0.15) is 0 Å². The molecule has 1 aromatic carbocycles. The highest BCUT2D eigenvalue weighted by molar-refractivity contribution is 6.03. The van der Waals surface area contributed by atoms with Crippen molar-refractivity contribution in [3.63, 3.8) is 0 Å². The molecule has 3 aliphatic heterocycles. The van der Waals surface area contributed by atoms with Crippen LogP contribution in [0.15, 0.2) is 18.2 Å². The van der Waals surface area contributed by atoms with Crippen molar-refractivity contribution >= 4 is 23.2 Å². The van der Waals surface area contributed by atoms with Gasteiger partial charge in [-0.3, -0.25) is 9.59 Å². The van der Waals surface area contributed by atoms with E-state index in [1.807, 2.05) is 28.0 Å². The molecule has 0 N–H and O–H groups in total. The van der Waals surface area contributed by atoms with E-state index in [0.29, 0.717) is 26.1 Å². The third-order valence-corrected chi connectivity index (χ3v) is 5.12. The highest BCUT2D eigenvalue weighted by atomic mass is 16.5. The average molecular weight is 329 g/mol. The molecule has 3 heterocycles. The van der Waals surface area contributed by atoms with Crippen molar-refractivity contribution in [2.45, 2.75) is 19.8 Å². The van der Waals surface area contributed by atoms with E-state index in [-0.39, 0.29) is 17.7 Å². The molecule has 0 radical (unpaired) electrons. The van der Waals surface area contributed by atoms with E-state index in [0.717, 1.165) is 43.2 Å². The minimum absolute atomic E-state index is 0.0700. The molecule has 0 aliphatic carbocycles. The highest BCUT2D eigenvalue weighted by Gasteiger charge is 2.39. The Labute approximate surface area is 142 Å². The Bertz CT molecular complexity index is 675. The number of anilines is 2. The summed E-state index contributed by atoms with van der Waals surface area (Å²) in [5.74, 6) is 0.801. The lowest BCUT2D eigenvalue weighted by Crippen LogP contribution is -2.48. The molecule has 1 atom stereocenters. The van der Waals surface area contributed by atoms with Crippen LogP contribution in [0.25, 0.3) is 0 Å². The third kappa shape index (κ3) is 2.41. The number of amides is 2. The minimum atomic E-state index is -0.226. The number of ether oxygens (including phenoxy) is 1. The summed E-state index contributed by atoms with van der Waals surface area (Å²) in [6.07, 6.45) is 1.26. The number of carbonyl (C=O) groups excluding carboxylic acids is 2. The maximum Gasteiger partial charge on any atom is 0.232 e. The van der Waals surface area contributed by atoms with Gasteiger partial charge in [0.15, 0.2) is 0 Å². The predicted octanol–water partition coefficient (Wildman–Crippen LogP) is 1.49. The van der Waals surface area contributed by atoms with Crippen molar-refractivity contribution in [3.05, 3.63) is 18.2 Å². The van der Waals surface area contributed by atoms with Gasteiger partial charge < -0.3 is 19.4 Å². The second-order valence-electron chi connectivity index (χ2n) is 6.69. The summed E-state index contributed by atoms with van der Waals surface area (Å²) in [6, 6.07) is 5.88. The molecule has 128 valence electrons. The van der Waals surface area contributed by atoms with Crippen LogP contribution in [0, 0.1) is 5.92 Å². The number of likely N-dealkylation sites (tertiary alicyclic amines) is 1. The first kappa shape index (κ1) is 15.3. The van der Waals surface area contributed by atoms with E-state index >= 15 is 0 Å². The minimum Gasteiger partial charge on any atom is -0.489 e. The molecule has 0 spiro atoms. The quantitative estimate of drug-likeness (QED) is 0.843. The number of para-hydroxylation sites is 1. The molecule has 1 fully saturated rings. The van der Waals surface area contributed by atoms with Crippen LogP contribution in [0.2, 0.25) is 0 Å². The lowest BCUT2D eigenvalue weighted by Gasteiger charge is -2.41. The average Bonchev–Trinajstić information content (AvgIpc) is 2.96. The Morgan fingerprint density at radius 1 is 1.29 bits per heavy atom. The van der Waals surface area contributed by atoms with Crippen LogP contribution in [-0.4, -0.2) is 56.0 Å². The van der Waals surface area contributed by atoms with E-state index in [4.69, 9.17) is 4.74 Å². The van der Waals surface area contributed by atoms with Crippen molar-refractivity contribution in [3.8, 4) is 5.75 Å². The van der Waals surface area contributed by atoms with Crippen LogP contribution >= 0.6 is 0 Å². The number of benzene rings is 1. The monoisotopic (exact) mass is 329 g/mol. The normalized spacial score (nSPS) is 22.5. The van der Waals surface area contributed by atoms with E-state index in [9.17, 15) is 9.59 Å². The van der Waals surface area contributed by atoms with Gasteiger partial charge in [-0.15, -0.1) is 0 Å². The van der Waals surface area contributed by atoms with Crippen LogP contribution in [0.1, 0.15) is 19.8 Å². The summed E-state index contributed by atoms with van der Waals surface area (Å²) in [5.41, 5.74) is 1.95. The highest BCUT2D eigenvalue weighted by Crippen LogP contribution is 2.43. The van der Waals surface area contributed by atoms with Crippen molar-refractivity contribution in [2.75, 3.05) is 49.1 Å². The molecule has 3 aliphatic rings. The van der Waals surface area contributed by atoms with Crippen molar-refractivity contribution in [1.29, 1.82) is 0 Å². The molecule has 1 saturated heterocycles. The first-order valence-corrected chi connectivity index (χ1v) is 8.79. The Hall–Kier alpha value is -2.24. The first-order chi connectivity index (χ1) is 11.7. The van der Waals surface area contributed by atoms with Gasteiger partial charge in [-0.25, -0.2) is 0 Å². The fourth-order valence-electron chi connectivity index (χ4n) is 3.98. The fraction of sp³-hybridized carbons (Fsp3) is 0.556. The summed E-state index contributed by atoms with van der Waals surface area (Å²) >= 11 is 0. The van der Waals surface area contributed by atoms with Gasteiger partial charge in [0, 0.05) is 32.6 Å². The lowest BCUT2D eigenvalue weighted by molar-refractivity contribution is -0.128. The third-order valence-electron chi connectivity index (χ3n) is 5.12. The molecule has 0 saturated carbocycles. The maximum atomic E-state index is 13.1.